The van der Waals surface area contributed by atoms with Crippen molar-refractivity contribution in [3.63, 3.8) is 0 Å². The highest BCUT2D eigenvalue weighted by molar-refractivity contribution is 5.95. The van der Waals surface area contributed by atoms with Crippen molar-refractivity contribution in [2.75, 3.05) is 31.7 Å². The van der Waals surface area contributed by atoms with Crippen LogP contribution in [0.4, 0.5) is 5.69 Å². The van der Waals surface area contributed by atoms with Crippen LogP contribution in [-0.2, 0) is 6.42 Å². The zero-order valence-corrected chi connectivity index (χ0v) is 11.2. The average Bonchev–Trinajstić information content (AvgIpc) is 2.52. The lowest BCUT2D eigenvalue weighted by molar-refractivity contribution is 0.0375. The number of amides is 1. The number of benzene rings is 1. The summed E-state index contributed by atoms with van der Waals surface area (Å²) in [5, 5.41) is 33.4. The van der Waals surface area contributed by atoms with Crippen LogP contribution in [0.2, 0.25) is 0 Å². The predicted molar refractivity (Wildman–Crippen MR) is 74.7 cm³/mol. The fraction of sp³-hybridized carbons (Fsp3) is 0.500. The number of nitrogens with one attached hydrogen (secondary N) is 2. The molecule has 20 heavy (non-hydrogen) atoms. The van der Waals surface area contributed by atoms with E-state index in [4.69, 9.17) is 0 Å². The summed E-state index contributed by atoms with van der Waals surface area (Å²) in [4.78, 5) is 12.2. The van der Waals surface area contributed by atoms with Crippen molar-refractivity contribution in [1.29, 1.82) is 0 Å². The number of aryl methyl sites for hydroxylation is 1. The molecule has 6 nitrogen and oxygen atoms in total. The molecule has 1 heterocycles. The van der Waals surface area contributed by atoms with E-state index in [0.29, 0.717) is 5.56 Å². The zero-order chi connectivity index (χ0) is 14.6. The normalized spacial score (nSPS) is 14.3. The molecule has 0 aliphatic carbocycles. The van der Waals surface area contributed by atoms with E-state index in [0.717, 1.165) is 30.6 Å². The number of aliphatic hydroxyl groups is 3. The number of carbonyl (C=O) groups excluding carboxylic acids is 1. The summed E-state index contributed by atoms with van der Waals surface area (Å²) in [7, 11) is 0. The molecule has 0 unspecified atom stereocenters. The van der Waals surface area contributed by atoms with Crippen LogP contribution in [-0.4, -0.2) is 53.1 Å². The molecule has 0 saturated heterocycles. The van der Waals surface area contributed by atoms with E-state index in [1.807, 2.05) is 6.07 Å². The Morgan fingerprint density at radius 2 is 1.95 bits per heavy atom. The van der Waals surface area contributed by atoms with Crippen LogP contribution < -0.4 is 10.6 Å². The molecular formula is C14H20N2O4. The first-order valence-electron chi connectivity index (χ1n) is 6.66. The Balaban J connectivity index is 2.17. The van der Waals surface area contributed by atoms with Crippen LogP contribution in [0.5, 0.6) is 0 Å². The van der Waals surface area contributed by atoms with E-state index in [1.165, 1.54) is 0 Å². The number of hydrogen-bond acceptors (Lipinski definition) is 5. The van der Waals surface area contributed by atoms with Gasteiger partial charge in [-0.05, 0) is 36.6 Å². The Kier molecular flexibility index (Phi) is 4.59. The molecule has 5 N–H and O–H groups in total. The lowest BCUT2D eigenvalue weighted by atomic mass is 9.99. The molecule has 2 rings (SSSR count). The Morgan fingerprint density at radius 1 is 1.25 bits per heavy atom. The maximum absolute atomic E-state index is 12.2. The molecule has 1 aliphatic heterocycles. The first-order chi connectivity index (χ1) is 9.64. The van der Waals surface area contributed by atoms with Gasteiger partial charge in [-0.15, -0.1) is 0 Å². The maximum Gasteiger partial charge on any atom is 0.251 e. The minimum atomic E-state index is -1.40. The van der Waals surface area contributed by atoms with E-state index < -0.39 is 31.3 Å². The molecule has 0 aromatic heterocycles. The van der Waals surface area contributed by atoms with Crippen LogP contribution in [0.1, 0.15) is 22.3 Å². The topological polar surface area (TPSA) is 102 Å². The standard InChI is InChI=1S/C14H20N2O4/c17-7-14(8-18,9-19)16-13(20)11-3-4-12-10(6-11)2-1-5-15-12/h3-4,6,15,17-19H,1-2,5,7-9H2,(H,16,20). The van der Waals surface area contributed by atoms with Gasteiger partial charge >= 0.3 is 0 Å². The van der Waals surface area contributed by atoms with Gasteiger partial charge in [-0.1, -0.05) is 0 Å². The summed E-state index contributed by atoms with van der Waals surface area (Å²) in [5.74, 6) is -0.421. The molecule has 1 aliphatic rings. The molecule has 0 atom stereocenters. The highest BCUT2D eigenvalue weighted by Gasteiger charge is 2.30. The number of anilines is 1. The molecule has 1 aromatic carbocycles. The first kappa shape index (κ1) is 14.8. The molecule has 6 heteroatoms. The number of rotatable bonds is 5. The van der Waals surface area contributed by atoms with E-state index >= 15 is 0 Å². The number of fused-ring (bicyclic) bond motifs is 1. The second kappa shape index (κ2) is 6.21. The van der Waals surface area contributed by atoms with Gasteiger partial charge in [0.25, 0.3) is 5.91 Å². The van der Waals surface area contributed by atoms with E-state index in [9.17, 15) is 20.1 Å². The molecule has 1 amide bonds. The van der Waals surface area contributed by atoms with Gasteiger partial charge in [0.1, 0.15) is 5.54 Å². The van der Waals surface area contributed by atoms with Gasteiger partial charge in [0.15, 0.2) is 0 Å². The molecule has 0 radical (unpaired) electrons. The zero-order valence-electron chi connectivity index (χ0n) is 11.2. The fourth-order valence-corrected chi connectivity index (χ4v) is 2.20. The quantitative estimate of drug-likeness (QED) is 0.500. The lowest BCUT2D eigenvalue weighted by Crippen LogP contribution is -2.57. The smallest absolute Gasteiger partial charge is 0.251 e. The van der Waals surface area contributed by atoms with Gasteiger partial charge in [0, 0.05) is 17.8 Å². The van der Waals surface area contributed by atoms with Gasteiger partial charge in [0.05, 0.1) is 19.8 Å². The minimum absolute atomic E-state index is 0.421. The molecule has 0 bridgehead atoms. The fourth-order valence-electron chi connectivity index (χ4n) is 2.20. The van der Waals surface area contributed by atoms with Crippen molar-refractivity contribution in [1.82, 2.24) is 5.32 Å². The van der Waals surface area contributed by atoms with Crippen molar-refractivity contribution < 1.29 is 20.1 Å². The van der Waals surface area contributed by atoms with Crippen molar-refractivity contribution in [3.8, 4) is 0 Å². The Morgan fingerprint density at radius 3 is 2.60 bits per heavy atom. The third-order valence-corrected chi connectivity index (χ3v) is 3.59. The third kappa shape index (κ3) is 2.92. The molecule has 110 valence electrons. The van der Waals surface area contributed by atoms with Crippen LogP contribution in [0, 0.1) is 0 Å². The van der Waals surface area contributed by atoms with Gasteiger partial charge < -0.3 is 26.0 Å². The summed E-state index contributed by atoms with van der Waals surface area (Å²) in [5.41, 5.74) is 1.16. The van der Waals surface area contributed by atoms with E-state index in [2.05, 4.69) is 10.6 Å². The molecule has 0 saturated carbocycles. The second-order valence-corrected chi connectivity index (χ2v) is 5.11. The monoisotopic (exact) mass is 280 g/mol. The van der Waals surface area contributed by atoms with Crippen molar-refractivity contribution in [3.05, 3.63) is 29.3 Å². The van der Waals surface area contributed by atoms with Crippen LogP contribution in [0.3, 0.4) is 0 Å². The minimum Gasteiger partial charge on any atom is -0.394 e. The number of carbonyl (C=O) groups is 1. The van der Waals surface area contributed by atoms with Crippen LogP contribution >= 0.6 is 0 Å². The molecule has 1 aromatic rings. The summed E-state index contributed by atoms with van der Waals surface area (Å²) in [6.45, 7) is -0.657. The summed E-state index contributed by atoms with van der Waals surface area (Å²) >= 11 is 0. The lowest BCUT2D eigenvalue weighted by Gasteiger charge is -2.29. The second-order valence-electron chi connectivity index (χ2n) is 5.11. The molecule has 0 spiro atoms. The maximum atomic E-state index is 12.2. The largest absolute Gasteiger partial charge is 0.394 e. The summed E-state index contributed by atoms with van der Waals surface area (Å²) in [6, 6.07) is 5.33. The Labute approximate surface area is 117 Å². The van der Waals surface area contributed by atoms with E-state index in [-0.39, 0.29) is 0 Å². The number of aliphatic hydroxyl groups excluding tert-OH is 3. The Hall–Kier alpha value is -1.63. The molecular weight excluding hydrogens is 260 g/mol. The SMILES string of the molecule is O=C(NC(CO)(CO)CO)c1ccc2c(c1)CCCN2. The van der Waals surface area contributed by atoms with Crippen LogP contribution in [0.25, 0.3) is 0 Å². The first-order valence-corrected chi connectivity index (χ1v) is 6.66. The van der Waals surface area contributed by atoms with Gasteiger partial charge in [-0.25, -0.2) is 0 Å². The summed E-state index contributed by atoms with van der Waals surface area (Å²) < 4.78 is 0. The van der Waals surface area contributed by atoms with Crippen LogP contribution in [0.15, 0.2) is 18.2 Å². The average molecular weight is 280 g/mol. The molecule has 0 fully saturated rings. The van der Waals surface area contributed by atoms with Gasteiger partial charge in [-0.2, -0.15) is 0 Å². The highest BCUT2D eigenvalue weighted by atomic mass is 16.3. The predicted octanol–water partition coefficient (Wildman–Crippen LogP) is -0.510. The highest BCUT2D eigenvalue weighted by Crippen LogP contribution is 2.23. The van der Waals surface area contributed by atoms with Crippen molar-refractivity contribution in [2.24, 2.45) is 0 Å². The third-order valence-electron chi connectivity index (χ3n) is 3.59. The summed E-state index contributed by atoms with van der Waals surface area (Å²) in [6.07, 6.45) is 1.93. The van der Waals surface area contributed by atoms with Crippen molar-refractivity contribution in [2.45, 2.75) is 18.4 Å². The van der Waals surface area contributed by atoms with Crippen molar-refractivity contribution >= 4 is 11.6 Å². The van der Waals surface area contributed by atoms with E-state index in [1.54, 1.807) is 12.1 Å². The van der Waals surface area contributed by atoms with Gasteiger partial charge in [-0.3, -0.25) is 4.79 Å². The van der Waals surface area contributed by atoms with Gasteiger partial charge in [0.2, 0.25) is 0 Å². The Bertz CT molecular complexity index is 478. The number of hydrogen-bond donors (Lipinski definition) is 5.